The van der Waals surface area contributed by atoms with E-state index in [2.05, 4.69) is 25.4 Å². The van der Waals surface area contributed by atoms with Crippen molar-refractivity contribution >= 4 is 22.8 Å². The van der Waals surface area contributed by atoms with Gasteiger partial charge in [0, 0.05) is 10.6 Å². The molecule has 0 fully saturated rings. The molecule has 0 aliphatic heterocycles. The van der Waals surface area contributed by atoms with Crippen LogP contribution in [-0.2, 0) is 13.1 Å². The average molecular weight is 434 g/mol. The van der Waals surface area contributed by atoms with Gasteiger partial charge in [-0.05, 0) is 24.6 Å². The minimum Gasteiger partial charge on any atom is -0.337 e. The average Bonchev–Trinajstić information content (AvgIpc) is 3.40. The third-order valence-electron chi connectivity index (χ3n) is 4.80. The number of aromatic nitrogens is 7. The molecule has 5 rings (SSSR count). The third kappa shape index (κ3) is 3.82. The van der Waals surface area contributed by atoms with Crippen molar-refractivity contribution in [2.24, 2.45) is 0 Å². The Balaban J connectivity index is 1.41. The lowest BCUT2D eigenvalue weighted by molar-refractivity contribution is 0.369. The number of fused-ring (bicyclic) bond motifs is 1. The Morgan fingerprint density at radius 3 is 2.74 bits per heavy atom. The first-order chi connectivity index (χ1) is 15.1. The highest BCUT2D eigenvalue weighted by atomic mass is 35.5. The van der Waals surface area contributed by atoms with Gasteiger partial charge < -0.3 is 4.52 Å². The lowest BCUT2D eigenvalue weighted by Crippen LogP contribution is -2.21. The van der Waals surface area contributed by atoms with Crippen LogP contribution in [0.15, 0.2) is 64.2 Å². The summed E-state index contributed by atoms with van der Waals surface area (Å²) in [5.41, 5.74) is 3.22. The van der Waals surface area contributed by atoms with Crippen molar-refractivity contribution in [3.63, 3.8) is 0 Å². The van der Waals surface area contributed by atoms with Gasteiger partial charge in [0.25, 0.3) is 5.56 Å². The highest BCUT2D eigenvalue weighted by Crippen LogP contribution is 2.20. The number of hydrogen-bond donors (Lipinski definition) is 0. The van der Waals surface area contributed by atoms with Gasteiger partial charge in [-0.1, -0.05) is 63.9 Å². The van der Waals surface area contributed by atoms with Crippen LogP contribution >= 0.6 is 11.6 Å². The quantitative estimate of drug-likeness (QED) is 0.419. The fourth-order valence-corrected chi connectivity index (χ4v) is 3.37. The molecule has 31 heavy (non-hydrogen) atoms. The van der Waals surface area contributed by atoms with E-state index in [4.69, 9.17) is 16.1 Å². The first kappa shape index (κ1) is 19.1. The van der Waals surface area contributed by atoms with Crippen LogP contribution in [0.1, 0.15) is 17.0 Å². The highest BCUT2D eigenvalue weighted by Gasteiger charge is 2.15. The minimum absolute atomic E-state index is 0.0696. The summed E-state index contributed by atoms with van der Waals surface area (Å²) in [6.45, 7) is 2.57. The lowest BCUT2D eigenvalue weighted by Gasteiger charge is -2.04. The molecule has 0 radical (unpaired) electrons. The number of rotatable bonds is 5. The van der Waals surface area contributed by atoms with Crippen LogP contribution in [0, 0.1) is 6.92 Å². The van der Waals surface area contributed by atoms with E-state index in [-0.39, 0.29) is 23.5 Å². The van der Waals surface area contributed by atoms with Crippen molar-refractivity contribution in [2.75, 3.05) is 0 Å². The zero-order valence-electron chi connectivity index (χ0n) is 16.4. The standard InChI is InChI=1S/C21H16ClN7O2/c1-13-5-7-14(8-6-13)10-29-20-18(25-27-29)21(30)28(12-23-20)11-17-24-19(26-31-17)15-3-2-4-16(22)9-15/h2-9,12H,10-11H2,1H3. The molecule has 3 heterocycles. The fourth-order valence-electron chi connectivity index (χ4n) is 3.18. The SMILES string of the molecule is Cc1ccc(Cn2nnc3c(=O)n(Cc4nc(-c5cccc(Cl)c5)no4)cnc32)cc1. The summed E-state index contributed by atoms with van der Waals surface area (Å²) in [6, 6.07) is 15.2. The second-order valence-electron chi connectivity index (χ2n) is 7.10. The van der Waals surface area contributed by atoms with Crippen LogP contribution in [0.4, 0.5) is 0 Å². The summed E-state index contributed by atoms with van der Waals surface area (Å²) >= 11 is 6.01. The summed E-state index contributed by atoms with van der Waals surface area (Å²) in [5.74, 6) is 0.661. The molecular formula is C21H16ClN7O2. The molecule has 5 aromatic rings. The van der Waals surface area contributed by atoms with Gasteiger partial charge in [-0.2, -0.15) is 4.98 Å². The van der Waals surface area contributed by atoms with E-state index in [1.54, 1.807) is 22.9 Å². The Kier molecular flexibility index (Phi) is 4.79. The van der Waals surface area contributed by atoms with Crippen LogP contribution in [0.5, 0.6) is 0 Å². The minimum atomic E-state index is -0.331. The molecule has 0 N–H and O–H groups in total. The molecular weight excluding hydrogens is 418 g/mol. The molecule has 9 nitrogen and oxygen atoms in total. The molecule has 154 valence electrons. The van der Waals surface area contributed by atoms with Crippen LogP contribution in [0.2, 0.25) is 5.02 Å². The topological polar surface area (TPSA) is 105 Å². The zero-order valence-corrected chi connectivity index (χ0v) is 17.2. The van der Waals surface area contributed by atoms with Crippen molar-refractivity contribution in [2.45, 2.75) is 20.0 Å². The van der Waals surface area contributed by atoms with Gasteiger partial charge in [-0.3, -0.25) is 9.36 Å². The smallest absolute Gasteiger partial charge is 0.283 e. The second kappa shape index (κ2) is 7.77. The Labute approximate surface area is 180 Å². The van der Waals surface area contributed by atoms with Crippen molar-refractivity contribution in [3.8, 4) is 11.4 Å². The third-order valence-corrected chi connectivity index (χ3v) is 5.04. The molecule has 3 aromatic heterocycles. The van der Waals surface area contributed by atoms with Gasteiger partial charge in [0.15, 0.2) is 11.2 Å². The van der Waals surface area contributed by atoms with Crippen molar-refractivity contribution in [1.29, 1.82) is 0 Å². The van der Waals surface area contributed by atoms with Crippen LogP contribution in [0.3, 0.4) is 0 Å². The Morgan fingerprint density at radius 1 is 1.10 bits per heavy atom. The maximum Gasteiger partial charge on any atom is 0.283 e. The van der Waals surface area contributed by atoms with E-state index < -0.39 is 0 Å². The maximum atomic E-state index is 12.9. The lowest BCUT2D eigenvalue weighted by atomic mass is 10.1. The van der Waals surface area contributed by atoms with E-state index in [0.29, 0.717) is 23.0 Å². The summed E-state index contributed by atoms with van der Waals surface area (Å²) in [4.78, 5) is 21.6. The monoisotopic (exact) mass is 433 g/mol. The number of halogens is 1. The molecule has 2 aromatic carbocycles. The van der Waals surface area contributed by atoms with Crippen LogP contribution < -0.4 is 5.56 Å². The van der Waals surface area contributed by atoms with Crippen LogP contribution in [0.25, 0.3) is 22.6 Å². The van der Waals surface area contributed by atoms with Crippen molar-refractivity contribution in [1.82, 2.24) is 34.7 Å². The summed E-state index contributed by atoms with van der Waals surface area (Å²) < 4.78 is 8.26. The number of aryl methyl sites for hydroxylation is 1. The van der Waals surface area contributed by atoms with E-state index >= 15 is 0 Å². The molecule has 0 saturated heterocycles. The van der Waals surface area contributed by atoms with Gasteiger partial charge in [0.2, 0.25) is 11.7 Å². The Bertz CT molecular complexity index is 1440. The van der Waals surface area contributed by atoms with Crippen molar-refractivity contribution in [3.05, 3.63) is 87.3 Å². The molecule has 0 spiro atoms. The molecule has 0 aliphatic carbocycles. The molecule has 0 unspecified atom stereocenters. The van der Waals surface area contributed by atoms with E-state index in [9.17, 15) is 4.79 Å². The number of nitrogens with zero attached hydrogens (tertiary/aromatic N) is 7. The molecule has 10 heteroatoms. The first-order valence-corrected chi connectivity index (χ1v) is 9.87. The molecule has 0 atom stereocenters. The van der Waals surface area contributed by atoms with Gasteiger partial charge in [0.1, 0.15) is 12.9 Å². The molecule has 0 amide bonds. The van der Waals surface area contributed by atoms with E-state index in [0.717, 1.165) is 11.1 Å². The van der Waals surface area contributed by atoms with Gasteiger partial charge >= 0.3 is 0 Å². The highest BCUT2D eigenvalue weighted by molar-refractivity contribution is 6.30. The predicted molar refractivity (Wildman–Crippen MR) is 114 cm³/mol. The molecule has 0 aliphatic rings. The number of hydrogen-bond acceptors (Lipinski definition) is 7. The Hall–Kier alpha value is -3.85. The van der Waals surface area contributed by atoms with E-state index in [1.165, 1.54) is 16.5 Å². The first-order valence-electron chi connectivity index (χ1n) is 9.49. The van der Waals surface area contributed by atoms with Gasteiger partial charge in [-0.15, -0.1) is 5.10 Å². The fraction of sp³-hybridized carbons (Fsp3) is 0.143. The van der Waals surface area contributed by atoms with E-state index in [1.807, 2.05) is 37.3 Å². The molecule has 0 bridgehead atoms. The maximum absolute atomic E-state index is 12.9. The number of benzene rings is 2. The van der Waals surface area contributed by atoms with Gasteiger partial charge in [-0.25, -0.2) is 9.67 Å². The normalized spacial score (nSPS) is 11.3. The predicted octanol–water partition coefficient (Wildman–Crippen LogP) is 3.10. The van der Waals surface area contributed by atoms with Crippen molar-refractivity contribution < 1.29 is 4.52 Å². The summed E-state index contributed by atoms with van der Waals surface area (Å²) in [6.07, 6.45) is 1.43. The largest absolute Gasteiger partial charge is 0.337 e. The Morgan fingerprint density at radius 2 is 1.94 bits per heavy atom. The summed E-state index contributed by atoms with van der Waals surface area (Å²) in [5, 5.41) is 12.7. The van der Waals surface area contributed by atoms with Crippen LogP contribution in [-0.4, -0.2) is 34.7 Å². The summed E-state index contributed by atoms with van der Waals surface area (Å²) in [7, 11) is 0. The van der Waals surface area contributed by atoms with Gasteiger partial charge in [0.05, 0.1) is 6.54 Å². The zero-order chi connectivity index (χ0) is 21.4. The second-order valence-corrected chi connectivity index (χ2v) is 7.54. The molecule has 0 saturated carbocycles.